The Hall–Kier alpha value is -1.78. The van der Waals surface area contributed by atoms with Gasteiger partial charge in [0.2, 0.25) is 0 Å². The molecule has 1 aromatic carbocycles. The van der Waals surface area contributed by atoms with Gasteiger partial charge in [-0.2, -0.15) is 0 Å². The highest BCUT2D eigenvalue weighted by molar-refractivity contribution is 5.63. The maximum Gasteiger partial charge on any atom is 0.296 e. The lowest BCUT2D eigenvalue weighted by Crippen LogP contribution is -2.28. The van der Waals surface area contributed by atoms with E-state index in [9.17, 15) is 10.1 Å². The number of nitrogens with one attached hydrogen (secondary N) is 1. The van der Waals surface area contributed by atoms with E-state index in [0.29, 0.717) is 23.9 Å². The second-order valence-corrected chi connectivity index (χ2v) is 5.64. The molecule has 0 unspecified atom stereocenters. The van der Waals surface area contributed by atoms with Crippen molar-refractivity contribution in [1.82, 2.24) is 0 Å². The minimum atomic E-state index is -0.396. The molecular formula is C14H22N2O3. The molecule has 0 saturated carbocycles. The Morgan fingerprint density at radius 2 is 2.05 bits per heavy atom. The Bertz CT molecular complexity index is 456. The van der Waals surface area contributed by atoms with Gasteiger partial charge < -0.3 is 10.1 Å². The van der Waals surface area contributed by atoms with Crippen LogP contribution in [-0.2, 0) is 0 Å². The topological polar surface area (TPSA) is 64.4 Å². The van der Waals surface area contributed by atoms with E-state index >= 15 is 0 Å². The maximum absolute atomic E-state index is 11.1. The third-order valence-electron chi connectivity index (χ3n) is 3.70. The summed E-state index contributed by atoms with van der Waals surface area (Å²) in [7, 11) is 1.49. The van der Waals surface area contributed by atoms with Crippen LogP contribution in [0, 0.1) is 21.4 Å². The van der Waals surface area contributed by atoms with Crippen molar-refractivity contribution in [1.29, 1.82) is 0 Å². The number of rotatable bonds is 6. The molecule has 0 spiro atoms. The molecule has 0 bridgehead atoms. The van der Waals surface area contributed by atoms with Crippen LogP contribution in [0.3, 0.4) is 0 Å². The van der Waals surface area contributed by atoms with Gasteiger partial charge in [-0.3, -0.25) is 10.1 Å². The first-order chi connectivity index (χ1) is 8.77. The van der Waals surface area contributed by atoms with Gasteiger partial charge in [-0.25, -0.2) is 0 Å². The summed E-state index contributed by atoms with van der Waals surface area (Å²) in [5.74, 6) is 0.970. The van der Waals surface area contributed by atoms with Crippen molar-refractivity contribution in [2.24, 2.45) is 11.3 Å². The molecule has 0 heterocycles. The molecule has 5 nitrogen and oxygen atoms in total. The molecule has 0 amide bonds. The first-order valence-electron chi connectivity index (χ1n) is 6.34. The van der Waals surface area contributed by atoms with Gasteiger partial charge in [0.25, 0.3) is 5.69 Å². The monoisotopic (exact) mass is 266 g/mol. The van der Waals surface area contributed by atoms with Crippen molar-refractivity contribution in [3.63, 3.8) is 0 Å². The van der Waals surface area contributed by atoms with Gasteiger partial charge in [-0.05, 0) is 23.5 Å². The maximum atomic E-state index is 11.1. The molecule has 0 radical (unpaired) electrons. The molecule has 1 aromatic rings. The molecule has 0 aliphatic carbocycles. The lowest BCUT2D eigenvalue weighted by Gasteiger charge is -2.29. The average molecular weight is 266 g/mol. The third-order valence-corrected chi connectivity index (χ3v) is 3.70. The molecular weight excluding hydrogens is 244 g/mol. The van der Waals surface area contributed by atoms with Crippen molar-refractivity contribution < 1.29 is 9.66 Å². The van der Waals surface area contributed by atoms with Gasteiger partial charge in [0, 0.05) is 6.54 Å². The number of hydrogen-bond acceptors (Lipinski definition) is 4. The van der Waals surface area contributed by atoms with Crippen LogP contribution in [0.1, 0.15) is 27.7 Å². The predicted octanol–water partition coefficient (Wildman–Crippen LogP) is 3.70. The summed E-state index contributed by atoms with van der Waals surface area (Å²) in [5, 5.41) is 14.2. The molecule has 0 fully saturated rings. The van der Waals surface area contributed by atoms with Crippen molar-refractivity contribution >= 4 is 11.4 Å². The minimum Gasteiger partial charge on any atom is -0.496 e. The first-order valence-corrected chi connectivity index (χ1v) is 6.34. The van der Waals surface area contributed by atoms with E-state index in [1.807, 2.05) is 0 Å². The number of methoxy groups -OCH3 is 1. The standard InChI is InChI=1S/C14H22N2O3/c1-10(2)14(3,4)9-15-12-7-6-11(19-5)8-13(12)16(17)18/h6-8,10,15H,9H2,1-5H3. The number of nitrogens with zero attached hydrogens (tertiary/aromatic N) is 1. The fourth-order valence-corrected chi connectivity index (χ4v) is 1.47. The molecule has 1 rings (SSSR count). The summed E-state index contributed by atoms with van der Waals surface area (Å²) in [6.45, 7) is 9.24. The van der Waals surface area contributed by atoms with Crippen LogP contribution in [0.2, 0.25) is 0 Å². The second-order valence-electron chi connectivity index (χ2n) is 5.64. The highest BCUT2D eigenvalue weighted by atomic mass is 16.6. The van der Waals surface area contributed by atoms with E-state index in [1.54, 1.807) is 12.1 Å². The predicted molar refractivity (Wildman–Crippen MR) is 76.8 cm³/mol. The van der Waals surface area contributed by atoms with E-state index in [1.165, 1.54) is 13.2 Å². The van der Waals surface area contributed by atoms with Gasteiger partial charge in [0.05, 0.1) is 18.1 Å². The molecule has 5 heteroatoms. The molecule has 0 saturated heterocycles. The van der Waals surface area contributed by atoms with E-state index in [0.717, 1.165) is 0 Å². The minimum absolute atomic E-state index is 0.0407. The van der Waals surface area contributed by atoms with Gasteiger partial charge >= 0.3 is 0 Å². The number of anilines is 1. The molecule has 0 aliphatic rings. The normalized spacial score (nSPS) is 11.5. The average Bonchev–Trinajstić information content (AvgIpc) is 2.35. The summed E-state index contributed by atoms with van der Waals surface area (Å²) in [4.78, 5) is 10.7. The van der Waals surface area contributed by atoms with Gasteiger partial charge in [-0.1, -0.05) is 27.7 Å². The molecule has 0 aromatic heterocycles. The number of nitro benzene ring substituents is 1. The summed E-state index contributed by atoms with van der Waals surface area (Å²) in [6, 6.07) is 4.84. The van der Waals surface area contributed by atoms with Crippen molar-refractivity contribution in [2.45, 2.75) is 27.7 Å². The van der Waals surface area contributed by atoms with Crippen molar-refractivity contribution in [2.75, 3.05) is 19.0 Å². The zero-order valence-corrected chi connectivity index (χ0v) is 12.2. The highest BCUT2D eigenvalue weighted by Crippen LogP contribution is 2.31. The van der Waals surface area contributed by atoms with Crippen LogP contribution in [0.5, 0.6) is 5.75 Å². The number of ether oxygens (including phenoxy) is 1. The van der Waals surface area contributed by atoms with Crippen LogP contribution in [0.15, 0.2) is 18.2 Å². The Morgan fingerprint density at radius 1 is 1.42 bits per heavy atom. The summed E-state index contributed by atoms with van der Waals surface area (Å²) in [5.41, 5.74) is 0.631. The number of hydrogen-bond donors (Lipinski definition) is 1. The van der Waals surface area contributed by atoms with Crippen LogP contribution in [0.25, 0.3) is 0 Å². The van der Waals surface area contributed by atoms with Crippen LogP contribution < -0.4 is 10.1 Å². The SMILES string of the molecule is COc1ccc(NCC(C)(C)C(C)C)c([N+](=O)[O-])c1. The van der Waals surface area contributed by atoms with Gasteiger partial charge in [-0.15, -0.1) is 0 Å². The molecule has 1 N–H and O–H groups in total. The van der Waals surface area contributed by atoms with Gasteiger partial charge in [0.1, 0.15) is 11.4 Å². The quantitative estimate of drug-likeness (QED) is 0.630. The van der Waals surface area contributed by atoms with Crippen molar-refractivity contribution in [3.05, 3.63) is 28.3 Å². The van der Waals surface area contributed by atoms with Crippen LogP contribution in [-0.4, -0.2) is 18.6 Å². The summed E-state index contributed by atoms with van der Waals surface area (Å²) in [6.07, 6.45) is 0. The Kier molecular flexibility index (Phi) is 4.75. The Labute approximate surface area is 114 Å². The molecule has 0 atom stereocenters. The van der Waals surface area contributed by atoms with Crippen molar-refractivity contribution in [3.8, 4) is 5.75 Å². The smallest absolute Gasteiger partial charge is 0.296 e. The van der Waals surface area contributed by atoms with Gasteiger partial charge in [0.15, 0.2) is 0 Å². The lowest BCUT2D eigenvalue weighted by atomic mass is 9.81. The Balaban J connectivity index is 2.92. The fourth-order valence-electron chi connectivity index (χ4n) is 1.47. The van der Waals surface area contributed by atoms with E-state index in [-0.39, 0.29) is 11.1 Å². The molecule has 19 heavy (non-hydrogen) atoms. The largest absolute Gasteiger partial charge is 0.496 e. The third kappa shape index (κ3) is 3.84. The fraction of sp³-hybridized carbons (Fsp3) is 0.571. The number of nitro groups is 1. The second kappa shape index (κ2) is 5.91. The molecule has 0 aliphatic heterocycles. The van der Waals surface area contributed by atoms with E-state index < -0.39 is 4.92 Å². The van der Waals surface area contributed by atoms with Crippen LogP contribution in [0.4, 0.5) is 11.4 Å². The highest BCUT2D eigenvalue weighted by Gasteiger charge is 2.23. The zero-order valence-electron chi connectivity index (χ0n) is 12.2. The lowest BCUT2D eigenvalue weighted by molar-refractivity contribution is -0.384. The zero-order chi connectivity index (χ0) is 14.6. The van der Waals surface area contributed by atoms with E-state index in [4.69, 9.17) is 4.74 Å². The molecule has 106 valence electrons. The summed E-state index contributed by atoms with van der Waals surface area (Å²) >= 11 is 0. The van der Waals surface area contributed by atoms with Crippen LogP contribution >= 0.6 is 0 Å². The number of benzene rings is 1. The first kappa shape index (κ1) is 15.3. The Morgan fingerprint density at radius 3 is 2.53 bits per heavy atom. The van der Waals surface area contributed by atoms with E-state index in [2.05, 4.69) is 33.0 Å². The summed E-state index contributed by atoms with van der Waals surface area (Å²) < 4.78 is 5.01.